The second-order valence-corrected chi connectivity index (χ2v) is 4.50. The molecule has 0 aromatic carbocycles. The van der Waals surface area contributed by atoms with E-state index in [0.29, 0.717) is 5.92 Å². The van der Waals surface area contributed by atoms with Gasteiger partial charge in [0.2, 0.25) is 0 Å². The molecule has 2 saturated carbocycles. The maximum Gasteiger partial charge on any atom is 0.251 e. The highest BCUT2D eigenvalue weighted by Crippen LogP contribution is 2.53. The molecular weight excluding hydrogens is 158 g/mol. The molecule has 0 heterocycles. The standard InChI is InChI=1S/C10H16F2/c1-7-6-10(11,12)9-5-3-2-4-8(7)9/h7-9H,2-6H2,1H3. The van der Waals surface area contributed by atoms with Crippen LogP contribution in [0, 0.1) is 17.8 Å². The van der Waals surface area contributed by atoms with E-state index in [9.17, 15) is 8.78 Å². The van der Waals surface area contributed by atoms with Gasteiger partial charge < -0.3 is 0 Å². The van der Waals surface area contributed by atoms with Crippen LogP contribution in [0.2, 0.25) is 0 Å². The second-order valence-electron chi connectivity index (χ2n) is 4.50. The third kappa shape index (κ3) is 1.16. The molecule has 0 N–H and O–H groups in total. The number of halogens is 2. The first-order valence-electron chi connectivity index (χ1n) is 4.99. The van der Waals surface area contributed by atoms with Crippen molar-refractivity contribution >= 4 is 0 Å². The molecule has 2 rings (SSSR count). The average Bonchev–Trinajstić information content (AvgIpc) is 2.25. The Hall–Kier alpha value is -0.140. The maximum atomic E-state index is 13.3. The lowest BCUT2D eigenvalue weighted by Gasteiger charge is -2.29. The summed E-state index contributed by atoms with van der Waals surface area (Å²) in [6, 6.07) is 0. The SMILES string of the molecule is CC1CC(F)(F)C2CCCCC12. The summed E-state index contributed by atoms with van der Waals surface area (Å²) >= 11 is 0. The summed E-state index contributed by atoms with van der Waals surface area (Å²) in [5.41, 5.74) is 0. The van der Waals surface area contributed by atoms with E-state index < -0.39 is 5.92 Å². The number of alkyl halides is 2. The first kappa shape index (κ1) is 8.46. The van der Waals surface area contributed by atoms with E-state index in [0.717, 1.165) is 19.3 Å². The predicted molar refractivity (Wildman–Crippen MR) is 44.2 cm³/mol. The largest absolute Gasteiger partial charge is 0.251 e. The highest BCUT2D eigenvalue weighted by Gasteiger charge is 2.53. The minimum absolute atomic E-state index is 0.141. The van der Waals surface area contributed by atoms with Crippen LogP contribution in [0.3, 0.4) is 0 Å². The van der Waals surface area contributed by atoms with Crippen molar-refractivity contribution in [1.82, 2.24) is 0 Å². The zero-order valence-corrected chi connectivity index (χ0v) is 7.52. The van der Waals surface area contributed by atoms with Gasteiger partial charge in [0.25, 0.3) is 5.92 Å². The molecule has 0 amide bonds. The first-order valence-corrected chi connectivity index (χ1v) is 4.99. The van der Waals surface area contributed by atoms with Crippen LogP contribution >= 0.6 is 0 Å². The fourth-order valence-corrected chi connectivity index (χ4v) is 3.10. The molecule has 2 aliphatic rings. The Morgan fingerprint density at radius 1 is 1.17 bits per heavy atom. The van der Waals surface area contributed by atoms with Crippen LogP contribution in [-0.4, -0.2) is 5.92 Å². The Labute approximate surface area is 72.3 Å². The highest BCUT2D eigenvalue weighted by atomic mass is 19.3. The summed E-state index contributed by atoms with van der Waals surface area (Å²) in [6.45, 7) is 1.99. The predicted octanol–water partition coefficient (Wildman–Crippen LogP) is 3.47. The van der Waals surface area contributed by atoms with Crippen LogP contribution in [0.4, 0.5) is 8.78 Å². The van der Waals surface area contributed by atoms with Gasteiger partial charge in [0.15, 0.2) is 0 Å². The van der Waals surface area contributed by atoms with Crippen LogP contribution in [-0.2, 0) is 0 Å². The van der Waals surface area contributed by atoms with Gasteiger partial charge in [0.1, 0.15) is 0 Å². The van der Waals surface area contributed by atoms with E-state index >= 15 is 0 Å². The molecule has 3 atom stereocenters. The molecule has 0 radical (unpaired) electrons. The topological polar surface area (TPSA) is 0 Å². The van der Waals surface area contributed by atoms with Crippen molar-refractivity contribution in [1.29, 1.82) is 0 Å². The summed E-state index contributed by atoms with van der Waals surface area (Å²) in [6.07, 6.45) is 4.14. The lowest BCUT2D eigenvalue weighted by Crippen LogP contribution is -2.28. The fraction of sp³-hybridized carbons (Fsp3) is 1.00. The van der Waals surface area contributed by atoms with E-state index in [1.807, 2.05) is 6.92 Å². The smallest absolute Gasteiger partial charge is 0.207 e. The molecule has 12 heavy (non-hydrogen) atoms. The molecule has 0 bridgehead atoms. The number of hydrogen-bond acceptors (Lipinski definition) is 0. The molecule has 3 unspecified atom stereocenters. The van der Waals surface area contributed by atoms with Gasteiger partial charge in [-0.15, -0.1) is 0 Å². The first-order chi connectivity index (χ1) is 5.61. The minimum atomic E-state index is -2.34. The van der Waals surface area contributed by atoms with Crippen molar-refractivity contribution in [3.8, 4) is 0 Å². The lowest BCUT2D eigenvalue weighted by atomic mass is 9.78. The van der Waals surface area contributed by atoms with E-state index in [1.54, 1.807) is 0 Å². The summed E-state index contributed by atoms with van der Waals surface area (Å²) in [4.78, 5) is 0. The van der Waals surface area contributed by atoms with Gasteiger partial charge in [-0.2, -0.15) is 0 Å². The van der Waals surface area contributed by atoms with Gasteiger partial charge in [-0.3, -0.25) is 0 Å². The average molecular weight is 174 g/mol. The van der Waals surface area contributed by atoms with Crippen LogP contribution in [0.1, 0.15) is 39.0 Å². The van der Waals surface area contributed by atoms with Crippen LogP contribution in [0.25, 0.3) is 0 Å². The Bertz CT molecular complexity index is 177. The molecule has 2 heteroatoms. The summed E-state index contributed by atoms with van der Waals surface area (Å²) in [5, 5.41) is 0. The van der Waals surface area contributed by atoms with Gasteiger partial charge in [-0.1, -0.05) is 19.8 Å². The Balaban J connectivity index is 2.16. The maximum absolute atomic E-state index is 13.3. The molecule has 0 aliphatic heterocycles. The summed E-state index contributed by atoms with van der Waals surface area (Å²) in [7, 11) is 0. The van der Waals surface area contributed by atoms with Crippen LogP contribution in [0.15, 0.2) is 0 Å². The van der Waals surface area contributed by atoms with Gasteiger partial charge in [0, 0.05) is 12.3 Å². The van der Waals surface area contributed by atoms with Gasteiger partial charge in [-0.05, 0) is 24.7 Å². The number of hydrogen-bond donors (Lipinski definition) is 0. The number of fused-ring (bicyclic) bond motifs is 1. The summed E-state index contributed by atoms with van der Waals surface area (Å²) in [5.74, 6) is -2.04. The second kappa shape index (κ2) is 2.68. The van der Waals surface area contributed by atoms with Gasteiger partial charge in [0.05, 0.1) is 0 Å². The van der Waals surface area contributed by atoms with E-state index in [2.05, 4.69) is 0 Å². The van der Waals surface area contributed by atoms with Crippen molar-refractivity contribution < 1.29 is 8.78 Å². The molecule has 70 valence electrons. The van der Waals surface area contributed by atoms with Crippen LogP contribution in [0.5, 0.6) is 0 Å². The third-order valence-corrected chi connectivity index (χ3v) is 3.69. The van der Waals surface area contributed by atoms with Crippen molar-refractivity contribution in [3.05, 3.63) is 0 Å². The minimum Gasteiger partial charge on any atom is -0.207 e. The van der Waals surface area contributed by atoms with Crippen LogP contribution < -0.4 is 0 Å². The molecular formula is C10H16F2. The number of rotatable bonds is 0. The Morgan fingerprint density at radius 3 is 2.50 bits per heavy atom. The van der Waals surface area contributed by atoms with Crippen molar-refractivity contribution in [2.75, 3.05) is 0 Å². The fourth-order valence-electron chi connectivity index (χ4n) is 3.10. The molecule has 0 saturated heterocycles. The van der Waals surface area contributed by atoms with E-state index in [-0.39, 0.29) is 18.3 Å². The van der Waals surface area contributed by atoms with Gasteiger partial charge >= 0.3 is 0 Å². The molecule has 0 spiro atoms. The highest BCUT2D eigenvalue weighted by molar-refractivity contribution is 4.96. The molecule has 0 aromatic heterocycles. The van der Waals surface area contributed by atoms with E-state index in [1.165, 1.54) is 6.42 Å². The van der Waals surface area contributed by atoms with Crippen molar-refractivity contribution in [2.45, 2.75) is 45.0 Å². The molecule has 2 aliphatic carbocycles. The Kier molecular flexibility index (Phi) is 1.89. The zero-order chi connectivity index (χ0) is 8.77. The third-order valence-electron chi connectivity index (χ3n) is 3.69. The lowest BCUT2D eigenvalue weighted by molar-refractivity contribution is -0.0557. The quantitative estimate of drug-likeness (QED) is 0.527. The molecule has 2 fully saturated rings. The summed E-state index contributed by atoms with van der Waals surface area (Å²) < 4.78 is 26.7. The van der Waals surface area contributed by atoms with E-state index in [4.69, 9.17) is 0 Å². The zero-order valence-electron chi connectivity index (χ0n) is 7.52. The molecule has 0 aromatic rings. The monoisotopic (exact) mass is 174 g/mol. The molecule has 0 nitrogen and oxygen atoms in total. The normalized spacial score (nSPS) is 45.8. The van der Waals surface area contributed by atoms with Gasteiger partial charge in [-0.25, -0.2) is 8.78 Å². The Morgan fingerprint density at radius 2 is 1.83 bits per heavy atom. The van der Waals surface area contributed by atoms with Crippen molar-refractivity contribution in [3.63, 3.8) is 0 Å². The van der Waals surface area contributed by atoms with Crippen molar-refractivity contribution in [2.24, 2.45) is 17.8 Å².